The van der Waals surface area contributed by atoms with E-state index in [0.29, 0.717) is 22.1 Å². The molecule has 0 radical (unpaired) electrons. The van der Waals surface area contributed by atoms with Gasteiger partial charge in [0.15, 0.2) is 6.61 Å². The lowest BCUT2D eigenvalue weighted by Crippen LogP contribution is -2.24. The summed E-state index contributed by atoms with van der Waals surface area (Å²) in [5.74, 6) is 0.129. The van der Waals surface area contributed by atoms with Crippen molar-refractivity contribution in [3.05, 3.63) is 92.5 Å². The van der Waals surface area contributed by atoms with Crippen molar-refractivity contribution in [1.82, 2.24) is 5.43 Å². The number of carbonyl (C=O) groups excluding carboxylic acids is 2. The minimum Gasteiger partial charge on any atom is -0.484 e. The quantitative estimate of drug-likeness (QED) is 0.157. The molecule has 0 atom stereocenters. The molecule has 3 aromatic carbocycles. The molecule has 3 aromatic rings. The Kier molecular flexibility index (Phi) is 7.81. The van der Waals surface area contributed by atoms with Gasteiger partial charge in [-0.25, -0.2) is 10.2 Å². The molecule has 0 unspecified atom stereocenters. The summed E-state index contributed by atoms with van der Waals surface area (Å²) >= 11 is 7.88. The first kappa shape index (κ1) is 21.8. The maximum atomic E-state index is 12.2. The monoisotopic (exact) mass is 534 g/mol. The molecule has 0 saturated heterocycles. The maximum Gasteiger partial charge on any atom is 0.344 e. The Bertz CT molecular complexity index is 1050. The Labute approximate surface area is 192 Å². The van der Waals surface area contributed by atoms with E-state index >= 15 is 0 Å². The summed E-state index contributed by atoms with van der Waals surface area (Å²) in [6, 6.07) is 20.6. The Hall–Kier alpha value is -2.91. The van der Waals surface area contributed by atoms with Gasteiger partial charge in [-0.05, 0) is 88.8 Å². The number of hydrogen-bond acceptors (Lipinski definition) is 5. The van der Waals surface area contributed by atoms with Gasteiger partial charge in [-0.2, -0.15) is 5.10 Å². The maximum absolute atomic E-state index is 12.2. The van der Waals surface area contributed by atoms with Gasteiger partial charge in [0.2, 0.25) is 0 Å². The third-order valence-corrected chi connectivity index (χ3v) is 4.96. The summed E-state index contributed by atoms with van der Waals surface area (Å²) in [6.07, 6.45) is 1.48. The van der Waals surface area contributed by atoms with Gasteiger partial charge in [-0.15, -0.1) is 0 Å². The lowest BCUT2D eigenvalue weighted by Gasteiger charge is -2.06. The molecule has 0 aliphatic carbocycles. The highest BCUT2D eigenvalue weighted by Gasteiger charge is 2.11. The molecule has 3 rings (SSSR count). The van der Waals surface area contributed by atoms with Crippen LogP contribution in [0.1, 0.15) is 15.9 Å². The molecule has 0 fully saturated rings. The molecule has 0 aliphatic rings. The SMILES string of the molecule is O=C(COc1ccc(Cl)cc1)N/N=C\c1ccc(OC(=O)c2ccccc2I)cc1. The normalized spacial score (nSPS) is 10.6. The number of benzene rings is 3. The molecule has 0 aromatic heterocycles. The number of hydrazone groups is 1. The zero-order valence-electron chi connectivity index (χ0n) is 15.5. The molecule has 152 valence electrons. The molecule has 1 amide bonds. The summed E-state index contributed by atoms with van der Waals surface area (Å²) in [6.45, 7) is -0.174. The van der Waals surface area contributed by atoms with Crippen LogP contribution in [-0.4, -0.2) is 24.7 Å². The van der Waals surface area contributed by atoms with Gasteiger partial charge >= 0.3 is 5.97 Å². The van der Waals surface area contributed by atoms with E-state index in [1.807, 2.05) is 12.1 Å². The van der Waals surface area contributed by atoms with Crippen molar-refractivity contribution in [2.75, 3.05) is 6.61 Å². The largest absolute Gasteiger partial charge is 0.484 e. The van der Waals surface area contributed by atoms with Gasteiger partial charge in [0.1, 0.15) is 11.5 Å². The number of carbonyl (C=O) groups is 2. The number of nitrogens with one attached hydrogen (secondary N) is 1. The molecule has 0 heterocycles. The fourth-order valence-electron chi connectivity index (χ4n) is 2.30. The van der Waals surface area contributed by atoms with E-state index in [-0.39, 0.29) is 6.61 Å². The Morgan fingerprint density at radius 3 is 2.33 bits per heavy atom. The zero-order valence-corrected chi connectivity index (χ0v) is 18.5. The summed E-state index contributed by atoms with van der Waals surface area (Å²) < 4.78 is 11.5. The third kappa shape index (κ3) is 6.57. The van der Waals surface area contributed by atoms with Crippen LogP contribution in [0.5, 0.6) is 11.5 Å². The van der Waals surface area contributed by atoms with Gasteiger partial charge in [0.05, 0.1) is 11.8 Å². The zero-order chi connectivity index (χ0) is 21.3. The van der Waals surface area contributed by atoms with Gasteiger partial charge in [-0.3, -0.25) is 4.79 Å². The van der Waals surface area contributed by atoms with Crippen molar-refractivity contribution in [2.45, 2.75) is 0 Å². The number of halogens is 2. The second-order valence-corrected chi connectivity index (χ2v) is 7.57. The van der Waals surface area contributed by atoms with Crippen LogP contribution in [0, 0.1) is 3.57 Å². The Morgan fingerprint density at radius 2 is 1.63 bits per heavy atom. The molecule has 0 saturated carbocycles. The first-order valence-corrected chi connectivity index (χ1v) is 10.2. The van der Waals surface area contributed by atoms with Gasteiger partial charge in [0.25, 0.3) is 5.91 Å². The van der Waals surface area contributed by atoms with Crippen molar-refractivity contribution < 1.29 is 19.1 Å². The van der Waals surface area contributed by atoms with Crippen LogP contribution in [0.3, 0.4) is 0 Å². The average Bonchev–Trinajstić information content (AvgIpc) is 2.75. The highest BCUT2D eigenvalue weighted by molar-refractivity contribution is 14.1. The minimum absolute atomic E-state index is 0.174. The average molecular weight is 535 g/mol. The third-order valence-electron chi connectivity index (χ3n) is 3.77. The molecule has 0 bridgehead atoms. The number of ether oxygens (including phenoxy) is 2. The van der Waals surface area contributed by atoms with Crippen LogP contribution in [0.25, 0.3) is 0 Å². The van der Waals surface area contributed by atoms with Crippen LogP contribution in [0.2, 0.25) is 5.02 Å². The van der Waals surface area contributed by atoms with E-state index in [1.54, 1.807) is 60.7 Å². The number of hydrogen-bond donors (Lipinski definition) is 1. The van der Waals surface area contributed by atoms with Crippen molar-refractivity contribution in [2.24, 2.45) is 5.10 Å². The minimum atomic E-state index is -0.422. The van der Waals surface area contributed by atoms with E-state index in [2.05, 4.69) is 33.1 Å². The Morgan fingerprint density at radius 1 is 0.967 bits per heavy atom. The Balaban J connectivity index is 1.47. The summed E-state index contributed by atoms with van der Waals surface area (Å²) in [7, 11) is 0. The molecule has 8 heteroatoms. The number of amides is 1. The smallest absolute Gasteiger partial charge is 0.344 e. The molecule has 1 N–H and O–H groups in total. The first-order valence-electron chi connectivity index (χ1n) is 8.78. The first-order chi connectivity index (χ1) is 14.5. The van der Waals surface area contributed by atoms with E-state index < -0.39 is 11.9 Å². The predicted molar refractivity (Wildman–Crippen MR) is 123 cm³/mol. The number of esters is 1. The standard InChI is InChI=1S/C22H16ClIN2O4/c23-16-7-11-17(12-8-16)29-14-21(27)26-25-13-15-5-9-18(10-6-15)30-22(28)19-3-1-2-4-20(19)24/h1-13H,14H2,(H,26,27)/b25-13-. The van der Waals surface area contributed by atoms with Crippen LogP contribution in [0.4, 0.5) is 0 Å². The molecule has 0 spiro atoms. The highest BCUT2D eigenvalue weighted by Crippen LogP contribution is 2.17. The fourth-order valence-corrected chi connectivity index (χ4v) is 3.04. The van der Waals surface area contributed by atoms with Crippen LogP contribution >= 0.6 is 34.2 Å². The van der Waals surface area contributed by atoms with Crippen LogP contribution in [-0.2, 0) is 4.79 Å². The van der Waals surface area contributed by atoms with Crippen molar-refractivity contribution in [3.8, 4) is 11.5 Å². The summed E-state index contributed by atoms with van der Waals surface area (Å²) in [4.78, 5) is 24.0. The summed E-state index contributed by atoms with van der Waals surface area (Å²) in [5.41, 5.74) is 3.61. The topological polar surface area (TPSA) is 77.0 Å². The molecule has 30 heavy (non-hydrogen) atoms. The van der Waals surface area contributed by atoms with E-state index in [4.69, 9.17) is 21.1 Å². The van der Waals surface area contributed by atoms with Crippen molar-refractivity contribution in [3.63, 3.8) is 0 Å². The van der Waals surface area contributed by atoms with Crippen molar-refractivity contribution in [1.29, 1.82) is 0 Å². The fraction of sp³-hybridized carbons (Fsp3) is 0.0455. The molecule has 6 nitrogen and oxygen atoms in total. The molecular formula is C22H16ClIN2O4. The second kappa shape index (κ2) is 10.7. The highest BCUT2D eigenvalue weighted by atomic mass is 127. The van der Waals surface area contributed by atoms with E-state index in [9.17, 15) is 9.59 Å². The van der Waals surface area contributed by atoms with Crippen molar-refractivity contribution >= 4 is 52.3 Å². The molecular weight excluding hydrogens is 519 g/mol. The van der Waals surface area contributed by atoms with Gasteiger partial charge in [-0.1, -0.05) is 23.7 Å². The van der Waals surface area contributed by atoms with Crippen LogP contribution in [0.15, 0.2) is 77.9 Å². The number of rotatable bonds is 7. The van der Waals surface area contributed by atoms with Gasteiger partial charge in [0, 0.05) is 8.59 Å². The summed E-state index contributed by atoms with van der Waals surface area (Å²) in [5, 5.41) is 4.47. The lowest BCUT2D eigenvalue weighted by atomic mass is 10.2. The number of nitrogens with zero attached hydrogens (tertiary/aromatic N) is 1. The van der Waals surface area contributed by atoms with E-state index in [0.717, 1.165) is 9.13 Å². The van der Waals surface area contributed by atoms with Gasteiger partial charge < -0.3 is 9.47 Å². The second-order valence-electron chi connectivity index (χ2n) is 5.97. The predicted octanol–water partition coefficient (Wildman–Crippen LogP) is 4.69. The molecule has 0 aliphatic heterocycles. The van der Waals surface area contributed by atoms with Crippen LogP contribution < -0.4 is 14.9 Å². The van der Waals surface area contributed by atoms with E-state index in [1.165, 1.54) is 6.21 Å². The lowest BCUT2D eigenvalue weighted by molar-refractivity contribution is -0.123.